The highest BCUT2D eigenvalue weighted by atomic mass is 14.9. The molecule has 6 rings (SSSR count). The highest BCUT2D eigenvalue weighted by Gasteiger charge is 2.16. The maximum Gasteiger partial charge on any atom is 0.0620 e. The molecule has 0 atom stereocenters. The largest absolute Gasteiger partial charge is 0.308 e. The molecule has 0 saturated carbocycles. The van der Waals surface area contributed by atoms with Crippen molar-refractivity contribution < 1.29 is 0 Å². The lowest BCUT2D eigenvalue weighted by molar-refractivity contribution is 1.36. The molecule has 0 spiro atoms. The Labute approximate surface area is 145 Å². The third-order valence-electron chi connectivity index (χ3n) is 5.33. The van der Waals surface area contributed by atoms with Crippen LogP contribution in [-0.4, -0.2) is 4.40 Å². The second-order valence-corrected chi connectivity index (χ2v) is 6.65. The smallest absolute Gasteiger partial charge is 0.0620 e. The fourth-order valence-electron chi connectivity index (χ4n) is 4.24. The van der Waals surface area contributed by atoms with Gasteiger partial charge in [0.05, 0.1) is 16.6 Å². The number of benzene rings is 3. The van der Waals surface area contributed by atoms with Crippen molar-refractivity contribution in [3.63, 3.8) is 0 Å². The van der Waals surface area contributed by atoms with Gasteiger partial charge in [-0.25, -0.2) is 0 Å². The minimum absolute atomic E-state index is 1.26. The summed E-state index contributed by atoms with van der Waals surface area (Å²) in [4.78, 5) is 0. The van der Waals surface area contributed by atoms with E-state index in [4.69, 9.17) is 0 Å². The Hall–Kier alpha value is -3.32. The van der Waals surface area contributed by atoms with Gasteiger partial charge < -0.3 is 4.40 Å². The van der Waals surface area contributed by atoms with E-state index in [-0.39, 0.29) is 0 Å². The van der Waals surface area contributed by atoms with Crippen molar-refractivity contribution in [1.29, 1.82) is 0 Å². The van der Waals surface area contributed by atoms with E-state index in [0.717, 1.165) is 0 Å². The molecule has 0 saturated heterocycles. The summed E-state index contributed by atoms with van der Waals surface area (Å²) in [5, 5.41) is 5.32. The average molecular weight is 317 g/mol. The highest BCUT2D eigenvalue weighted by Crippen LogP contribution is 2.39. The minimum Gasteiger partial charge on any atom is -0.308 e. The van der Waals surface area contributed by atoms with E-state index in [1.54, 1.807) is 0 Å². The van der Waals surface area contributed by atoms with Crippen LogP contribution in [0.4, 0.5) is 0 Å². The van der Waals surface area contributed by atoms with Crippen molar-refractivity contribution in [3.05, 3.63) is 91.0 Å². The zero-order valence-corrected chi connectivity index (χ0v) is 13.6. The topological polar surface area (TPSA) is 4.41 Å². The zero-order chi connectivity index (χ0) is 16.4. The monoisotopic (exact) mass is 317 g/mol. The first kappa shape index (κ1) is 13.0. The maximum absolute atomic E-state index is 2.42. The molecule has 116 valence electrons. The first-order chi connectivity index (χ1) is 12.4. The van der Waals surface area contributed by atoms with Crippen LogP contribution in [0.3, 0.4) is 0 Å². The van der Waals surface area contributed by atoms with E-state index in [2.05, 4.69) is 95.4 Å². The lowest BCUT2D eigenvalue weighted by Crippen LogP contribution is -1.79. The van der Waals surface area contributed by atoms with Crippen LogP contribution in [0, 0.1) is 0 Å². The van der Waals surface area contributed by atoms with Gasteiger partial charge >= 0.3 is 0 Å². The van der Waals surface area contributed by atoms with Crippen LogP contribution in [0.5, 0.6) is 0 Å². The molecule has 0 fully saturated rings. The summed E-state index contributed by atoms with van der Waals surface area (Å²) in [6.07, 6.45) is 0. The van der Waals surface area contributed by atoms with E-state index >= 15 is 0 Å². The van der Waals surface area contributed by atoms with Gasteiger partial charge in [0.25, 0.3) is 0 Å². The molecule has 1 heteroatoms. The number of rotatable bonds is 1. The fourth-order valence-corrected chi connectivity index (χ4v) is 4.24. The molecule has 0 amide bonds. The van der Waals surface area contributed by atoms with E-state index in [1.165, 1.54) is 49.2 Å². The summed E-state index contributed by atoms with van der Waals surface area (Å²) in [7, 11) is 0. The summed E-state index contributed by atoms with van der Waals surface area (Å²) in [6, 6.07) is 32.8. The van der Waals surface area contributed by atoms with Crippen LogP contribution in [-0.2, 0) is 0 Å². The van der Waals surface area contributed by atoms with Crippen molar-refractivity contribution in [2.45, 2.75) is 0 Å². The molecule has 3 heterocycles. The van der Waals surface area contributed by atoms with Gasteiger partial charge in [-0.15, -0.1) is 0 Å². The summed E-state index contributed by atoms with van der Waals surface area (Å²) >= 11 is 0. The third-order valence-corrected chi connectivity index (χ3v) is 5.33. The second kappa shape index (κ2) is 4.61. The first-order valence-electron chi connectivity index (χ1n) is 8.64. The van der Waals surface area contributed by atoms with Crippen LogP contribution in [0.15, 0.2) is 91.0 Å². The second-order valence-electron chi connectivity index (χ2n) is 6.65. The van der Waals surface area contributed by atoms with Crippen molar-refractivity contribution in [2.75, 3.05) is 0 Å². The quantitative estimate of drug-likeness (QED) is 0.326. The van der Waals surface area contributed by atoms with Crippen LogP contribution < -0.4 is 0 Å². The lowest BCUT2D eigenvalue weighted by atomic mass is 10.0. The molecule has 0 radical (unpaired) electrons. The van der Waals surface area contributed by atoms with Gasteiger partial charge in [0.1, 0.15) is 0 Å². The molecule has 0 aliphatic heterocycles. The van der Waals surface area contributed by atoms with E-state index in [9.17, 15) is 0 Å². The average Bonchev–Trinajstić information content (AvgIpc) is 3.20. The number of hydrogen-bond acceptors (Lipinski definition) is 0. The minimum atomic E-state index is 1.26. The Kier molecular flexibility index (Phi) is 2.40. The zero-order valence-electron chi connectivity index (χ0n) is 13.6. The number of nitrogens with zero attached hydrogens (tertiary/aromatic N) is 1. The Morgan fingerprint density at radius 2 is 1.12 bits per heavy atom. The molecule has 6 aromatic rings. The summed E-state index contributed by atoms with van der Waals surface area (Å²) < 4.78 is 2.42. The molecular weight excluding hydrogens is 302 g/mol. The van der Waals surface area contributed by atoms with Gasteiger partial charge in [0.2, 0.25) is 0 Å². The number of aromatic nitrogens is 1. The number of pyridine rings is 1. The highest BCUT2D eigenvalue weighted by molar-refractivity contribution is 6.23. The predicted octanol–water partition coefficient (Wildman–Crippen LogP) is 6.50. The van der Waals surface area contributed by atoms with E-state index in [0.29, 0.717) is 0 Å². The van der Waals surface area contributed by atoms with Crippen molar-refractivity contribution >= 4 is 38.1 Å². The summed E-state index contributed by atoms with van der Waals surface area (Å²) in [5.74, 6) is 0. The lowest BCUT2D eigenvalue weighted by Gasteiger charge is -2.02. The Balaban J connectivity index is 1.85. The Bertz CT molecular complexity index is 1370. The molecule has 25 heavy (non-hydrogen) atoms. The van der Waals surface area contributed by atoms with Gasteiger partial charge in [0, 0.05) is 21.5 Å². The molecular formula is C24H15N. The summed E-state index contributed by atoms with van der Waals surface area (Å²) in [5.41, 5.74) is 6.44. The van der Waals surface area contributed by atoms with Crippen LogP contribution >= 0.6 is 0 Å². The van der Waals surface area contributed by atoms with Crippen molar-refractivity contribution in [2.24, 2.45) is 0 Å². The van der Waals surface area contributed by atoms with Gasteiger partial charge in [0.15, 0.2) is 0 Å². The van der Waals surface area contributed by atoms with Crippen LogP contribution in [0.1, 0.15) is 0 Å². The SMILES string of the molecule is c1ccc(-c2ccc3c(c2)c2c4ccccc4c4cccc3n42)cc1. The molecule has 3 aromatic carbocycles. The molecule has 0 aliphatic carbocycles. The van der Waals surface area contributed by atoms with Gasteiger partial charge in [-0.3, -0.25) is 0 Å². The predicted molar refractivity (Wildman–Crippen MR) is 107 cm³/mol. The molecule has 0 unspecified atom stereocenters. The van der Waals surface area contributed by atoms with Crippen LogP contribution in [0.25, 0.3) is 49.2 Å². The Morgan fingerprint density at radius 1 is 0.440 bits per heavy atom. The first-order valence-corrected chi connectivity index (χ1v) is 8.64. The standard InChI is InChI=1S/C24H15N/c1-2-7-16(8-3-1)17-13-14-19-21(15-17)24-20-10-5-4-9-18(20)22-11-6-12-23(19)25(22)24/h1-15H. The molecule has 0 aliphatic rings. The van der Waals surface area contributed by atoms with Crippen LogP contribution in [0.2, 0.25) is 0 Å². The van der Waals surface area contributed by atoms with Gasteiger partial charge in [-0.1, -0.05) is 72.8 Å². The number of fused-ring (bicyclic) bond motifs is 6. The van der Waals surface area contributed by atoms with Crippen molar-refractivity contribution in [1.82, 2.24) is 4.40 Å². The maximum atomic E-state index is 2.42. The molecule has 1 nitrogen and oxygen atoms in total. The normalized spacial score (nSPS) is 12.0. The van der Waals surface area contributed by atoms with E-state index in [1.807, 2.05) is 0 Å². The summed E-state index contributed by atoms with van der Waals surface area (Å²) in [6.45, 7) is 0. The molecule has 0 bridgehead atoms. The van der Waals surface area contributed by atoms with Gasteiger partial charge in [-0.05, 0) is 29.3 Å². The number of hydrogen-bond donors (Lipinski definition) is 0. The Morgan fingerprint density at radius 3 is 1.92 bits per heavy atom. The third kappa shape index (κ3) is 1.62. The van der Waals surface area contributed by atoms with Gasteiger partial charge in [-0.2, -0.15) is 0 Å². The van der Waals surface area contributed by atoms with E-state index < -0.39 is 0 Å². The molecule has 0 N–H and O–H groups in total. The molecule has 3 aromatic heterocycles. The van der Waals surface area contributed by atoms with Crippen molar-refractivity contribution in [3.8, 4) is 11.1 Å². The fraction of sp³-hybridized carbons (Fsp3) is 0.